The maximum absolute atomic E-state index is 13.6. The number of carbonyl (C=O) groups excluding carboxylic acids is 1. The van der Waals surface area contributed by atoms with Crippen LogP contribution in [0.4, 0.5) is 4.39 Å². The Morgan fingerprint density at radius 1 is 1.50 bits per heavy atom. The zero-order chi connectivity index (χ0) is 12.3. The van der Waals surface area contributed by atoms with Gasteiger partial charge in [-0.15, -0.1) is 0 Å². The fraction of sp³-hybridized carbons (Fsp3) is 0.300. The standard InChI is InChI=1S/C10H10ClFO4/c1-15-6-4-3-5(11)8(12)7(6)9(13)10(14)16-2/h3-4,9,13H,1-2H3. The lowest BCUT2D eigenvalue weighted by atomic mass is 10.1. The quantitative estimate of drug-likeness (QED) is 0.827. The van der Waals surface area contributed by atoms with E-state index in [9.17, 15) is 14.3 Å². The molecule has 0 bridgehead atoms. The van der Waals surface area contributed by atoms with E-state index in [1.807, 2.05) is 0 Å². The first-order valence-corrected chi connectivity index (χ1v) is 4.68. The first-order chi connectivity index (χ1) is 7.52. The largest absolute Gasteiger partial charge is 0.496 e. The lowest BCUT2D eigenvalue weighted by molar-refractivity contribution is -0.151. The second kappa shape index (κ2) is 5.14. The van der Waals surface area contributed by atoms with Gasteiger partial charge in [0.1, 0.15) is 5.75 Å². The van der Waals surface area contributed by atoms with Gasteiger partial charge in [-0.3, -0.25) is 0 Å². The van der Waals surface area contributed by atoms with Crippen LogP contribution >= 0.6 is 11.6 Å². The number of methoxy groups -OCH3 is 2. The number of carbonyl (C=O) groups is 1. The molecule has 6 heteroatoms. The van der Waals surface area contributed by atoms with Crippen molar-refractivity contribution in [3.8, 4) is 5.75 Å². The first-order valence-electron chi connectivity index (χ1n) is 4.30. The minimum absolute atomic E-state index is 0.0276. The molecule has 0 aliphatic rings. The monoisotopic (exact) mass is 248 g/mol. The van der Waals surface area contributed by atoms with Crippen LogP contribution in [0.15, 0.2) is 12.1 Å². The van der Waals surface area contributed by atoms with E-state index < -0.39 is 17.9 Å². The van der Waals surface area contributed by atoms with E-state index in [0.717, 1.165) is 7.11 Å². The van der Waals surface area contributed by atoms with Crippen molar-refractivity contribution in [2.45, 2.75) is 6.10 Å². The number of benzene rings is 1. The minimum Gasteiger partial charge on any atom is -0.496 e. The highest BCUT2D eigenvalue weighted by Gasteiger charge is 2.27. The van der Waals surface area contributed by atoms with Crippen LogP contribution < -0.4 is 4.74 Å². The zero-order valence-electron chi connectivity index (χ0n) is 8.66. The lowest BCUT2D eigenvalue weighted by Crippen LogP contribution is -2.16. The molecule has 1 N–H and O–H groups in total. The van der Waals surface area contributed by atoms with Gasteiger partial charge in [-0.25, -0.2) is 9.18 Å². The van der Waals surface area contributed by atoms with Crippen LogP contribution in [0.25, 0.3) is 0 Å². The molecule has 1 rings (SSSR count). The van der Waals surface area contributed by atoms with Gasteiger partial charge in [-0.2, -0.15) is 0 Å². The van der Waals surface area contributed by atoms with Crippen molar-refractivity contribution >= 4 is 17.6 Å². The number of aliphatic hydroxyl groups is 1. The van der Waals surface area contributed by atoms with Crippen LogP contribution in [0.1, 0.15) is 11.7 Å². The van der Waals surface area contributed by atoms with Gasteiger partial charge < -0.3 is 14.6 Å². The summed E-state index contributed by atoms with van der Waals surface area (Å²) in [7, 11) is 2.37. The van der Waals surface area contributed by atoms with Crippen LogP contribution in [-0.2, 0) is 9.53 Å². The van der Waals surface area contributed by atoms with Gasteiger partial charge in [0.2, 0.25) is 0 Å². The zero-order valence-corrected chi connectivity index (χ0v) is 9.42. The first kappa shape index (κ1) is 12.7. The second-order valence-corrected chi connectivity index (χ2v) is 3.31. The summed E-state index contributed by atoms with van der Waals surface area (Å²) in [5.74, 6) is -1.86. The van der Waals surface area contributed by atoms with Gasteiger partial charge in [0, 0.05) is 0 Å². The molecule has 0 radical (unpaired) electrons. The highest BCUT2D eigenvalue weighted by atomic mass is 35.5. The van der Waals surface area contributed by atoms with Gasteiger partial charge in [0.25, 0.3) is 0 Å². The molecule has 1 atom stereocenters. The number of halogens is 2. The third kappa shape index (κ3) is 2.25. The summed E-state index contributed by atoms with van der Waals surface area (Å²) in [5, 5.41) is 9.34. The predicted octanol–water partition coefficient (Wildman–Crippen LogP) is 1.69. The summed E-state index contributed by atoms with van der Waals surface area (Å²) in [4.78, 5) is 11.1. The van der Waals surface area contributed by atoms with E-state index >= 15 is 0 Å². The molecule has 16 heavy (non-hydrogen) atoms. The van der Waals surface area contributed by atoms with Crippen molar-refractivity contribution in [1.29, 1.82) is 0 Å². The van der Waals surface area contributed by atoms with Gasteiger partial charge in [0.15, 0.2) is 11.9 Å². The van der Waals surface area contributed by atoms with Gasteiger partial charge >= 0.3 is 5.97 Å². The Morgan fingerprint density at radius 2 is 2.12 bits per heavy atom. The van der Waals surface area contributed by atoms with Crippen LogP contribution in [0.5, 0.6) is 5.75 Å². The van der Waals surface area contributed by atoms with Crippen molar-refractivity contribution in [3.05, 3.63) is 28.5 Å². The van der Waals surface area contributed by atoms with Crippen molar-refractivity contribution in [2.24, 2.45) is 0 Å². The van der Waals surface area contributed by atoms with Crippen molar-refractivity contribution in [3.63, 3.8) is 0 Å². The van der Waals surface area contributed by atoms with E-state index in [0.29, 0.717) is 0 Å². The third-order valence-electron chi connectivity index (χ3n) is 2.01. The fourth-order valence-corrected chi connectivity index (χ4v) is 1.38. The van der Waals surface area contributed by atoms with Crippen molar-refractivity contribution < 1.29 is 23.8 Å². The topological polar surface area (TPSA) is 55.8 Å². The molecule has 1 aromatic rings. The van der Waals surface area contributed by atoms with E-state index in [1.54, 1.807) is 0 Å². The molecule has 1 unspecified atom stereocenters. The Morgan fingerprint density at radius 3 is 2.62 bits per heavy atom. The normalized spacial score (nSPS) is 12.1. The van der Waals surface area contributed by atoms with E-state index in [-0.39, 0.29) is 16.3 Å². The molecule has 0 saturated carbocycles. The summed E-state index contributed by atoms with van der Waals surface area (Å²) in [6.45, 7) is 0. The summed E-state index contributed by atoms with van der Waals surface area (Å²) in [6.07, 6.45) is -1.77. The maximum Gasteiger partial charge on any atom is 0.339 e. The third-order valence-corrected chi connectivity index (χ3v) is 2.30. The summed E-state index contributed by atoms with van der Waals surface area (Å²) >= 11 is 5.54. The van der Waals surface area contributed by atoms with Crippen molar-refractivity contribution in [1.82, 2.24) is 0 Å². The molecule has 88 valence electrons. The highest BCUT2D eigenvalue weighted by molar-refractivity contribution is 6.30. The molecule has 0 aromatic heterocycles. The summed E-state index contributed by atoms with van der Waals surface area (Å²) < 4.78 is 22.8. The van der Waals surface area contributed by atoms with Crippen LogP contribution in [-0.4, -0.2) is 25.3 Å². The van der Waals surface area contributed by atoms with Crippen LogP contribution in [0.3, 0.4) is 0 Å². The average Bonchev–Trinajstić information content (AvgIpc) is 2.30. The SMILES string of the molecule is COC(=O)C(O)c1c(OC)ccc(Cl)c1F. The van der Waals surface area contributed by atoms with Gasteiger partial charge in [-0.1, -0.05) is 11.6 Å². The molecule has 0 spiro atoms. The molecule has 0 aliphatic carbocycles. The molecular weight excluding hydrogens is 239 g/mol. The molecule has 0 saturated heterocycles. The Labute approximate surface area is 96.5 Å². The summed E-state index contributed by atoms with van der Waals surface area (Å²) in [5.41, 5.74) is -0.332. The van der Waals surface area contributed by atoms with Crippen LogP contribution in [0, 0.1) is 5.82 Å². The van der Waals surface area contributed by atoms with E-state index in [1.165, 1.54) is 19.2 Å². The molecule has 0 amide bonds. The number of hydrogen-bond acceptors (Lipinski definition) is 4. The Hall–Kier alpha value is -1.33. The van der Waals surface area contributed by atoms with Crippen LogP contribution in [0.2, 0.25) is 5.02 Å². The number of esters is 1. The van der Waals surface area contributed by atoms with Gasteiger partial charge in [0.05, 0.1) is 24.8 Å². The average molecular weight is 249 g/mol. The number of rotatable bonds is 3. The summed E-state index contributed by atoms with van der Waals surface area (Å²) in [6, 6.07) is 2.62. The smallest absolute Gasteiger partial charge is 0.339 e. The number of ether oxygens (including phenoxy) is 2. The highest BCUT2D eigenvalue weighted by Crippen LogP contribution is 2.32. The fourth-order valence-electron chi connectivity index (χ4n) is 1.21. The predicted molar refractivity (Wildman–Crippen MR) is 54.9 cm³/mol. The molecule has 0 fully saturated rings. The Kier molecular flexibility index (Phi) is 4.09. The molecular formula is C10H10ClFO4. The molecule has 4 nitrogen and oxygen atoms in total. The lowest BCUT2D eigenvalue weighted by Gasteiger charge is -2.14. The minimum atomic E-state index is -1.77. The van der Waals surface area contributed by atoms with E-state index in [2.05, 4.69) is 4.74 Å². The van der Waals surface area contributed by atoms with E-state index in [4.69, 9.17) is 16.3 Å². The maximum atomic E-state index is 13.6. The Bertz CT molecular complexity index is 408. The van der Waals surface area contributed by atoms with Crippen molar-refractivity contribution in [2.75, 3.05) is 14.2 Å². The van der Waals surface area contributed by atoms with Gasteiger partial charge in [-0.05, 0) is 12.1 Å². The molecule has 0 aliphatic heterocycles. The number of aliphatic hydroxyl groups excluding tert-OH is 1. The number of hydrogen-bond donors (Lipinski definition) is 1. The molecule has 0 heterocycles. The second-order valence-electron chi connectivity index (χ2n) is 2.90. The molecule has 1 aromatic carbocycles. The Balaban J connectivity index is 3.29.